The van der Waals surface area contributed by atoms with Crippen LogP contribution in [-0.2, 0) is 4.74 Å². The molecule has 0 spiro atoms. The highest BCUT2D eigenvalue weighted by Crippen LogP contribution is 2.45. The summed E-state index contributed by atoms with van der Waals surface area (Å²) in [5.74, 6) is 0.475. The summed E-state index contributed by atoms with van der Waals surface area (Å²) in [4.78, 5) is 2.00. The van der Waals surface area contributed by atoms with Gasteiger partial charge in [-0.25, -0.2) is 4.90 Å². The highest BCUT2D eigenvalue weighted by molar-refractivity contribution is 8.03. The quantitative estimate of drug-likeness (QED) is 0.869. The van der Waals surface area contributed by atoms with E-state index in [1.807, 2.05) is 40.9 Å². The van der Waals surface area contributed by atoms with Crippen molar-refractivity contribution in [3.8, 4) is 0 Å². The van der Waals surface area contributed by atoms with E-state index in [0.717, 1.165) is 23.6 Å². The van der Waals surface area contributed by atoms with E-state index < -0.39 is 6.41 Å². The van der Waals surface area contributed by atoms with Crippen LogP contribution in [0, 0.1) is 5.92 Å². The van der Waals surface area contributed by atoms with Crippen LogP contribution in [0.2, 0.25) is 5.02 Å². The fraction of sp³-hybridized carbons (Fsp3) is 0.467. The van der Waals surface area contributed by atoms with E-state index in [4.69, 9.17) is 16.3 Å². The monoisotopic (exact) mass is 311 g/mol. The number of benzene rings is 1. The first-order valence-corrected chi connectivity index (χ1v) is 8.06. The third kappa shape index (κ3) is 2.63. The van der Waals surface area contributed by atoms with Crippen molar-refractivity contribution in [1.29, 1.82) is 0 Å². The number of halogens is 1. The number of methoxy groups -OCH3 is 1. The van der Waals surface area contributed by atoms with Crippen molar-refractivity contribution in [3.63, 3.8) is 0 Å². The van der Waals surface area contributed by atoms with Gasteiger partial charge < -0.3 is 9.84 Å². The number of fused-ring (bicyclic) bond motifs is 1. The van der Waals surface area contributed by atoms with Crippen molar-refractivity contribution < 1.29 is 9.84 Å². The number of hydrogen-bond donors (Lipinski definition) is 1. The molecule has 2 heterocycles. The lowest BCUT2D eigenvalue weighted by Crippen LogP contribution is -2.48. The van der Waals surface area contributed by atoms with Gasteiger partial charge in [0.25, 0.3) is 0 Å². The van der Waals surface area contributed by atoms with Crippen molar-refractivity contribution in [3.05, 3.63) is 46.3 Å². The average molecular weight is 312 g/mol. The first-order valence-electron chi connectivity index (χ1n) is 6.74. The zero-order valence-corrected chi connectivity index (χ0v) is 12.8. The lowest BCUT2D eigenvalue weighted by atomic mass is 9.89. The third-order valence-electron chi connectivity index (χ3n) is 4.09. The SMILES string of the molecule is CO[C@H](O)N1CC2C=CSC2CC1c1ccccc1Cl. The van der Waals surface area contributed by atoms with E-state index in [9.17, 15) is 5.11 Å². The van der Waals surface area contributed by atoms with Crippen LogP contribution in [0.3, 0.4) is 0 Å². The van der Waals surface area contributed by atoms with Crippen molar-refractivity contribution >= 4 is 23.4 Å². The van der Waals surface area contributed by atoms with Gasteiger partial charge in [0, 0.05) is 35.9 Å². The van der Waals surface area contributed by atoms with Crippen LogP contribution >= 0.6 is 23.4 Å². The summed E-state index contributed by atoms with van der Waals surface area (Å²) in [6.45, 7) is 0.791. The second kappa shape index (κ2) is 6.08. The average Bonchev–Trinajstić information content (AvgIpc) is 2.93. The summed E-state index contributed by atoms with van der Waals surface area (Å²) >= 11 is 8.22. The maximum atomic E-state index is 10.2. The second-order valence-corrected chi connectivity index (χ2v) is 6.76. The zero-order chi connectivity index (χ0) is 14.1. The molecule has 0 saturated carbocycles. The van der Waals surface area contributed by atoms with Gasteiger partial charge >= 0.3 is 0 Å². The number of likely N-dealkylation sites (tertiary alicyclic amines) is 1. The van der Waals surface area contributed by atoms with Crippen molar-refractivity contribution in [2.45, 2.75) is 24.1 Å². The molecule has 1 fully saturated rings. The summed E-state index contributed by atoms with van der Waals surface area (Å²) in [6.07, 6.45) is 2.30. The largest absolute Gasteiger partial charge is 0.356 e. The number of piperidine rings is 1. The normalized spacial score (nSPS) is 31.2. The third-order valence-corrected chi connectivity index (χ3v) is 5.64. The lowest BCUT2D eigenvalue weighted by Gasteiger charge is -2.43. The Morgan fingerprint density at radius 1 is 1.45 bits per heavy atom. The Morgan fingerprint density at radius 3 is 3.00 bits per heavy atom. The molecular formula is C15H18ClNO2S. The summed E-state index contributed by atoms with van der Waals surface area (Å²) in [5, 5.41) is 13.6. The van der Waals surface area contributed by atoms with E-state index in [0.29, 0.717) is 11.2 Å². The Balaban J connectivity index is 1.91. The predicted octanol–water partition coefficient (Wildman–Crippen LogP) is 3.25. The molecule has 0 radical (unpaired) electrons. The first kappa shape index (κ1) is 14.4. The van der Waals surface area contributed by atoms with E-state index in [2.05, 4.69) is 11.5 Å². The zero-order valence-electron chi connectivity index (χ0n) is 11.3. The number of aliphatic hydroxyl groups excluding tert-OH is 1. The molecule has 4 atom stereocenters. The van der Waals surface area contributed by atoms with Crippen LogP contribution < -0.4 is 0 Å². The lowest BCUT2D eigenvalue weighted by molar-refractivity contribution is -0.200. The highest BCUT2D eigenvalue weighted by atomic mass is 35.5. The van der Waals surface area contributed by atoms with Crippen molar-refractivity contribution in [2.24, 2.45) is 5.92 Å². The number of thioether (sulfide) groups is 1. The van der Waals surface area contributed by atoms with Gasteiger partial charge in [0.05, 0.1) is 0 Å². The Hall–Kier alpha value is -0.520. The molecule has 3 nitrogen and oxygen atoms in total. The highest BCUT2D eigenvalue weighted by Gasteiger charge is 2.40. The number of rotatable bonds is 3. The molecule has 1 saturated heterocycles. The fourth-order valence-electron chi connectivity index (χ4n) is 3.04. The van der Waals surface area contributed by atoms with E-state index >= 15 is 0 Å². The van der Waals surface area contributed by atoms with Crippen molar-refractivity contribution in [2.75, 3.05) is 13.7 Å². The molecule has 108 valence electrons. The van der Waals surface area contributed by atoms with Crippen LogP contribution in [0.1, 0.15) is 18.0 Å². The van der Waals surface area contributed by atoms with Gasteiger partial charge in [-0.2, -0.15) is 0 Å². The first-order chi connectivity index (χ1) is 9.70. The molecule has 0 aromatic heterocycles. The summed E-state index contributed by atoms with van der Waals surface area (Å²) in [6, 6.07) is 7.95. The number of aliphatic hydroxyl groups is 1. The molecule has 20 heavy (non-hydrogen) atoms. The van der Waals surface area contributed by atoms with Gasteiger partial charge in [-0.1, -0.05) is 35.9 Å². The molecule has 0 amide bonds. The van der Waals surface area contributed by atoms with E-state index in [-0.39, 0.29) is 6.04 Å². The van der Waals surface area contributed by atoms with Crippen LogP contribution in [0.4, 0.5) is 0 Å². The van der Waals surface area contributed by atoms with Crippen LogP contribution in [0.15, 0.2) is 35.7 Å². The van der Waals surface area contributed by atoms with Crippen LogP contribution in [-0.4, -0.2) is 35.3 Å². The molecular weight excluding hydrogens is 294 g/mol. The minimum atomic E-state index is -0.892. The Labute approximate surface area is 128 Å². The van der Waals surface area contributed by atoms with Gasteiger partial charge in [-0.05, 0) is 23.5 Å². The van der Waals surface area contributed by atoms with E-state index in [1.54, 1.807) is 0 Å². The number of hydrogen-bond acceptors (Lipinski definition) is 4. The Kier molecular flexibility index (Phi) is 4.38. The number of ether oxygens (including phenoxy) is 1. The van der Waals surface area contributed by atoms with Gasteiger partial charge in [-0.15, -0.1) is 11.8 Å². The molecule has 1 N–H and O–H groups in total. The maximum Gasteiger partial charge on any atom is 0.216 e. The molecule has 0 bridgehead atoms. The van der Waals surface area contributed by atoms with Gasteiger partial charge in [-0.3, -0.25) is 0 Å². The summed E-state index contributed by atoms with van der Waals surface area (Å²) in [7, 11) is 1.53. The molecule has 3 unspecified atom stereocenters. The molecule has 1 aromatic rings. The number of nitrogens with zero attached hydrogens (tertiary/aromatic N) is 1. The molecule has 2 aliphatic heterocycles. The summed E-state index contributed by atoms with van der Waals surface area (Å²) < 4.78 is 5.14. The smallest absolute Gasteiger partial charge is 0.216 e. The van der Waals surface area contributed by atoms with E-state index in [1.165, 1.54) is 7.11 Å². The molecule has 5 heteroatoms. The van der Waals surface area contributed by atoms with Crippen molar-refractivity contribution in [1.82, 2.24) is 4.90 Å². The van der Waals surface area contributed by atoms with Crippen LogP contribution in [0.5, 0.6) is 0 Å². The minimum Gasteiger partial charge on any atom is -0.356 e. The molecule has 2 aliphatic rings. The van der Waals surface area contributed by atoms with Gasteiger partial charge in [0.1, 0.15) is 0 Å². The topological polar surface area (TPSA) is 32.7 Å². The van der Waals surface area contributed by atoms with Gasteiger partial charge in [0.15, 0.2) is 0 Å². The molecule has 0 aliphatic carbocycles. The predicted molar refractivity (Wildman–Crippen MR) is 82.5 cm³/mol. The Morgan fingerprint density at radius 2 is 2.25 bits per heavy atom. The second-order valence-electron chi connectivity index (χ2n) is 5.20. The minimum absolute atomic E-state index is 0.0901. The Bertz CT molecular complexity index is 510. The standard InChI is InChI=1S/C15H18ClNO2S/c1-19-15(18)17-9-10-6-7-20-14(10)8-13(17)11-4-2-3-5-12(11)16/h2-7,10,13-15,18H,8-9H2,1H3/t10?,13?,14?,15-/m0/s1. The molecule has 1 aromatic carbocycles. The molecule has 3 rings (SSSR count). The summed E-state index contributed by atoms with van der Waals surface area (Å²) in [5.41, 5.74) is 1.07. The fourth-order valence-corrected chi connectivity index (χ4v) is 4.47. The van der Waals surface area contributed by atoms with Crippen LogP contribution in [0.25, 0.3) is 0 Å². The maximum absolute atomic E-state index is 10.2. The van der Waals surface area contributed by atoms with Gasteiger partial charge in [0.2, 0.25) is 6.41 Å².